The maximum absolute atomic E-state index is 9.36. The van der Waals surface area contributed by atoms with E-state index in [0.29, 0.717) is 11.7 Å². The molecule has 0 aliphatic carbocycles. The molecule has 1 atom stereocenters. The molecule has 2 rings (SSSR count). The highest BCUT2D eigenvalue weighted by molar-refractivity contribution is 5.47. The molecule has 0 radical (unpaired) electrons. The fourth-order valence-corrected chi connectivity index (χ4v) is 1.79. The summed E-state index contributed by atoms with van der Waals surface area (Å²) in [4.78, 5) is 0. The summed E-state index contributed by atoms with van der Waals surface area (Å²) >= 11 is 0. The van der Waals surface area contributed by atoms with Crippen molar-refractivity contribution in [1.82, 2.24) is 0 Å². The van der Waals surface area contributed by atoms with Crippen LogP contribution in [0.2, 0.25) is 0 Å². The van der Waals surface area contributed by atoms with Gasteiger partial charge in [-0.25, -0.2) is 0 Å². The van der Waals surface area contributed by atoms with Gasteiger partial charge in [-0.05, 0) is 23.6 Å². The van der Waals surface area contributed by atoms with Gasteiger partial charge < -0.3 is 10.4 Å². The van der Waals surface area contributed by atoms with Crippen LogP contribution in [0, 0.1) is 0 Å². The average molecular weight is 227 g/mol. The van der Waals surface area contributed by atoms with E-state index in [-0.39, 0.29) is 0 Å². The van der Waals surface area contributed by atoms with Crippen LogP contribution < -0.4 is 5.32 Å². The molecule has 0 heterocycles. The molecule has 88 valence electrons. The summed E-state index contributed by atoms with van der Waals surface area (Å²) in [5.41, 5.74) is 2.27. The largest absolute Gasteiger partial charge is 0.508 e. The lowest BCUT2D eigenvalue weighted by Gasteiger charge is -2.14. The number of benzene rings is 2. The van der Waals surface area contributed by atoms with Crippen LogP contribution in [0.15, 0.2) is 54.6 Å². The second kappa shape index (κ2) is 5.39. The molecule has 0 amide bonds. The van der Waals surface area contributed by atoms with Crippen LogP contribution in [0.25, 0.3) is 0 Å². The van der Waals surface area contributed by atoms with E-state index in [1.165, 1.54) is 5.56 Å². The Bertz CT molecular complexity index is 467. The molecule has 1 unspecified atom stereocenters. The van der Waals surface area contributed by atoms with Crippen molar-refractivity contribution >= 4 is 5.69 Å². The van der Waals surface area contributed by atoms with Gasteiger partial charge in [-0.2, -0.15) is 0 Å². The zero-order valence-electron chi connectivity index (χ0n) is 9.93. The molecule has 0 saturated carbocycles. The van der Waals surface area contributed by atoms with Gasteiger partial charge in [-0.1, -0.05) is 43.3 Å². The molecule has 0 fully saturated rings. The number of hydrogen-bond acceptors (Lipinski definition) is 2. The number of rotatable bonds is 4. The summed E-state index contributed by atoms with van der Waals surface area (Å²) in [6, 6.07) is 17.6. The van der Waals surface area contributed by atoms with Gasteiger partial charge in [0.15, 0.2) is 0 Å². The predicted octanol–water partition coefficient (Wildman–Crippen LogP) is 3.61. The van der Waals surface area contributed by atoms with Crippen molar-refractivity contribution in [3.05, 3.63) is 60.2 Å². The Kier molecular flexibility index (Phi) is 3.66. The second-order valence-corrected chi connectivity index (χ2v) is 4.24. The molecule has 2 heteroatoms. The topological polar surface area (TPSA) is 32.3 Å². The number of nitrogens with one attached hydrogen (secondary N) is 1. The van der Waals surface area contributed by atoms with Gasteiger partial charge in [-0.15, -0.1) is 0 Å². The van der Waals surface area contributed by atoms with Crippen molar-refractivity contribution < 1.29 is 5.11 Å². The first-order chi connectivity index (χ1) is 8.25. The number of phenolic OH excluding ortho intramolecular Hbond substituents is 1. The number of phenols is 1. The van der Waals surface area contributed by atoms with E-state index in [9.17, 15) is 5.11 Å². The summed E-state index contributed by atoms with van der Waals surface area (Å²) in [5, 5.41) is 12.7. The molecular formula is C15H17NO. The molecule has 0 spiro atoms. The minimum atomic E-state index is 0.294. The summed E-state index contributed by atoms with van der Waals surface area (Å²) in [6.45, 7) is 3.04. The summed E-state index contributed by atoms with van der Waals surface area (Å²) in [5.74, 6) is 0.737. The SMILES string of the molecule is CC(CNc1cccc(O)c1)c1ccccc1. The minimum Gasteiger partial charge on any atom is -0.508 e. The van der Waals surface area contributed by atoms with E-state index in [4.69, 9.17) is 0 Å². The van der Waals surface area contributed by atoms with Gasteiger partial charge in [0.2, 0.25) is 0 Å². The van der Waals surface area contributed by atoms with Crippen molar-refractivity contribution in [1.29, 1.82) is 0 Å². The quantitative estimate of drug-likeness (QED) is 0.836. The number of anilines is 1. The fraction of sp³-hybridized carbons (Fsp3) is 0.200. The smallest absolute Gasteiger partial charge is 0.117 e. The zero-order valence-corrected chi connectivity index (χ0v) is 9.93. The van der Waals surface area contributed by atoms with Gasteiger partial charge in [0.1, 0.15) is 5.75 Å². The molecule has 2 aromatic rings. The van der Waals surface area contributed by atoms with Crippen molar-refractivity contribution in [3.8, 4) is 5.75 Å². The van der Waals surface area contributed by atoms with Crippen molar-refractivity contribution in [2.45, 2.75) is 12.8 Å². The lowest BCUT2D eigenvalue weighted by atomic mass is 10.0. The third-order valence-electron chi connectivity index (χ3n) is 2.83. The molecule has 0 saturated heterocycles. The van der Waals surface area contributed by atoms with Crippen LogP contribution in [0.3, 0.4) is 0 Å². The normalized spacial score (nSPS) is 12.1. The maximum atomic E-state index is 9.36. The van der Waals surface area contributed by atoms with Gasteiger partial charge in [0.25, 0.3) is 0 Å². The Balaban J connectivity index is 1.95. The highest BCUT2D eigenvalue weighted by atomic mass is 16.3. The van der Waals surface area contributed by atoms with Crippen molar-refractivity contribution in [2.24, 2.45) is 0 Å². The van der Waals surface area contributed by atoms with E-state index in [1.807, 2.05) is 18.2 Å². The van der Waals surface area contributed by atoms with E-state index in [0.717, 1.165) is 12.2 Å². The predicted molar refractivity (Wildman–Crippen MR) is 71.5 cm³/mol. The Labute approximate surface area is 102 Å². The van der Waals surface area contributed by atoms with Crippen molar-refractivity contribution in [2.75, 3.05) is 11.9 Å². The molecule has 2 N–H and O–H groups in total. The van der Waals surface area contributed by atoms with Crippen molar-refractivity contribution in [3.63, 3.8) is 0 Å². The second-order valence-electron chi connectivity index (χ2n) is 4.24. The highest BCUT2D eigenvalue weighted by Crippen LogP contribution is 2.18. The van der Waals surface area contributed by atoms with Crippen LogP contribution in [0.5, 0.6) is 5.75 Å². The first-order valence-corrected chi connectivity index (χ1v) is 5.83. The number of aromatic hydroxyl groups is 1. The van der Waals surface area contributed by atoms with Gasteiger partial charge in [-0.3, -0.25) is 0 Å². The standard InChI is InChI=1S/C15H17NO/c1-12(13-6-3-2-4-7-13)11-16-14-8-5-9-15(17)10-14/h2-10,12,16-17H,11H2,1H3. The Morgan fingerprint density at radius 2 is 1.82 bits per heavy atom. The maximum Gasteiger partial charge on any atom is 0.117 e. The van der Waals surface area contributed by atoms with Crippen LogP contribution in [0.4, 0.5) is 5.69 Å². The molecule has 2 aromatic carbocycles. The van der Waals surface area contributed by atoms with Crippen LogP contribution >= 0.6 is 0 Å². The highest BCUT2D eigenvalue weighted by Gasteiger charge is 2.04. The zero-order chi connectivity index (χ0) is 12.1. The first kappa shape index (κ1) is 11.5. The summed E-state index contributed by atoms with van der Waals surface area (Å²) in [7, 11) is 0. The van der Waals surface area contributed by atoms with Crippen LogP contribution in [-0.4, -0.2) is 11.7 Å². The molecule has 0 aromatic heterocycles. The minimum absolute atomic E-state index is 0.294. The van der Waals surface area contributed by atoms with E-state index < -0.39 is 0 Å². The molecule has 0 bridgehead atoms. The molecule has 0 aliphatic heterocycles. The Hall–Kier alpha value is -1.96. The molecule has 0 aliphatic rings. The van der Waals surface area contributed by atoms with E-state index in [2.05, 4.69) is 36.5 Å². The van der Waals surface area contributed by atoms with Gasteiger partial charge in [0.05, 0.1) is 0 Å². The summed E-state index contributed by atoms with van der Waals surface area (Å²) in [6.07, 6.45) is 0. The average Bonchev–Trinajstić information content (AvgIpc) is 2.37. The Morgan fingerprint density at radius 3 is 2.53 bits per heavy atom. The van der Waals surface area contributed by atoms with E-state index >= 15 is 0 Å². The Morgan fingerprint density at radius 1 is 1.06 bits per heavy atom. The van der Waals surface area contributed by atoms with Crippen LogP contribution in [0.1, 0.15) is 18.4 Å². The lowest BCUT2D eigenvalue weighted by molar-refractivity contribution is 0.475. The van der Waals surface area contributed by atoms with E-state index in [1.54, 1.807) is 12.1 Å². The third kappa shape index (κ3) is 3.25. The molecule has 17 heavy (non-hydrogen) atoms. The molecule has 2 nitrogen and oxygen atoms in total. The van der Waals surface area contributed by atoms with Gasteiger partial charge >= 0.3 is 0 Å². The fourth-order valence-electron chi connectivity index (χ4n) is 1.79. The van der Waals surface area contributed by atoms with Gasteiger partial charge in [0, 0.05) is 18.3 Å². The molecular weight excluding hydrogens is 210 g/mol. The summed E-state index contributed by atoms with van der Waals surface area (Å²) < 4.78 is 0. The monoisotopic (exact) mass is 227 g/mol. The lowest BCUT2D eigenvalue weighted by Crippen LogP contribution is -2.09. The van der Waals surface area contributed by atoms with Crippen LogP contribution in [-0.2, 0) is 0 Å². The third-order valence-corrected chi connectivity index (χ3v) is 2.83. The number of hydrogen-bond donors (Lipinski definition) is 2. The first-order valence-electron chi connectivity index (χ1n) is 5.83.